The Hall–Kier alpha value is -1.24. The summed E-state index contributed by atoms with van der Waals surface area (Å²) in [7, 11) is 1.87. The third-order valence-corrected chi connectivity index (χ3v) is 2.08. The number of hydrogen-bond donors (Lipinski definition) is 1. The second-order valence-corrected chi connectivity index (χ2v) is 3.56. The van der Waals surface area contributed by atoms with Crippen LogP contribution in [0.1, 0.15) is 20.8 Å². The zero-order valence-electron chi connectivity index (χ0n) is 9.72. The molecule has 0 atom stereocenters. The van der Waals surface area contributed by atoms with E-state index in [-0.39, 0.29) is 0 Å². The molecule has 0 aromatic heterocycles. The minimum atomic E-state index is 0.472. The average Bonchev–Trinajstić information content (AvgIpc) is 2.15. The summed E-state index contributed by atoms with van der Waals surface area (Å²) in [6.07, 6.45) is 6.11. The lowest BCUT2D eigenvalue weighted by molar-refractivity contribution is 0.793. The average molecular weight is 191 g/mol. The Balaban J connectivity index is 4.82. The van der Waals surface area contributed by atoms with Gasteiger partial charge < -0.3 is 5.32 Å². The van der Waals surface area contributed by atoms with Crippen molar-refractivity contribution >= 4 is 0 Å². The summed E-state index contributed by atoms with van der Waals surface area (Å²) in [5.41, 5.74) is 3.13. The zero-order chi connectivity index (χ0) is 11.1. The van der Waals surface area contributed by atoms with Crippen LogP contribution in [-0.2, 0) is 0 Å². The summed E-state index contributed by atoms with van der Waals surface area (Å²) >= 11 is 0. The molecule has 78 valence electrons. The summed E-state index contributed by atoms with van der Waals surface area (Å²) in [5.74, 6) is 0.472. The second kappa shape index (κ2) is 6.25. The maximum atomic E-state index is 4.01. The Labute approximate surface area is 87.9 Å². The van der Waals surface area contributed by atoms with Gasteiger partial charge in [0.2, 0.25) is 0 Å². The molecule has 0 aromatic rings. The Morgan fingerprint density at radius 2 is 1.86 bits per heavy atom. The van der Waals surface area contributed by atoms with Gasteiger partial charge in [0.15, 0.2) is 0 Å². The van der Waals surface area contributed by atoms with Gasteiger partial charge >= 0.3 is 0 Å². The zero-order valence-corrected chi connectivity index (χ0v) is 9.72. The highest BCUT2D eigenvalue weighted by Gasteiger charge is 2.00. The molecule has 0 heterocycles. The van der Waals surface area contributed by atoms with Crippen molar-refractivity contribution in [2.45, 2.75) is 20.8 Å². The Morgan fingerprint density at radius 1 is 1.29 bits per heavy atom. The third-order valence-electron chi connectivity index (χ3n) is 2.08. The smallest absolute Gasteiger partial charge is 0.0338 e. The lowest BCUT2D eigenvalue weighted by Crippen LogP contribution is -2.06. The van der Waals surface area contributed by atoms with E-state index in [0.29, 0.717) is 5.92 Å². The first-order valence-electron chi connectivity index (χ1n) is 4.93. The lowest BCUT2D eigenvalue weighted by Gasteiger charge is -2.09. The number of rotatable bonds is 5. The molecule has 1 nitrogen and oxygen atoms in total. The highest BCUT2D eigenvalue weighted by molar-refractivity contribution is 5.41. The summed E-state index contributed by atoms with van der Waals surface area (Å²) in [5, 5.41) is 3.04. The van der Waals surface area contributed by atoms with E-state index >= 15 is 0 Å². The van der Waals surface area contributed by atoms with E-state index in [1.165, 1.54) is 0 Å². The van der Waals surface area contributed by atoms with Gasteiger partial charge in [-0.3, -0.25) is 0 Å². The van der Waals surface area contributed by atoms with Gasteiger partial charge in [-0.25, -0.2) is 0 Å². The first-order chi connectivity index (χ1) is 6.52. The van der Waals surface area contributed by atoms with Crippen LogP contribution in [0.2, 0.25) is 0 Å². The number of allylic oxidation sites excluding steroid dienone is 4. The van der Waals surface area contributed by atoms with E-state index in [1.807, 2.05) is 26.1 Å². The van der Waals surface area contributed by atoms with Gasteiger partial charge in [-0.05, 0) is 18.4 Å². The van der Waals surface area contributed by atoms with Crippen LogP contribution < -0.4 is 5.32 Å². The van der Waals surface area contributed by atoms with Crippen LogP contribution in [0.25, 0.3) is 0 Å². The third kappa shape index (κ3) is 4.13. The normalized spacial score (nSPS) is 12.2. The van der Waals surface area contributed by atoms with Crippen LogP contribution in [0.5, 0.6) is 0 Å². The molecule has 0 amide bonds. The van der Waals surface area contributed by atoms with Crippen molar-refractivity contribution in [3.8, 4) is 0 Å². The molecule has 0 aliphatic rings. The Bertz CT molecular complexity index is 267. The molecule has 0 aromatic carbocycles. The Morgan fingerprint density at radius 3 is 2.21 bits per heavy atom. The molecular weight excluding hydrogens is 170 g/mol. The molecule has 0 aliphatic carbocycles. The van der Waals surface area contributed by atoms with Crippen molar-refractivity contribution in [2.24, 2.45) is 5.92 Å². The standard InChI is InChI=1S/C13H21N/c1-7-8-13(12(5)14-6)9-11(4)10(2)3/h7-10,14H,4-5H2,1-3,6H3/b8-7-,13-9+. The molecule has 0 saturated carbocycles. The van der Waals surface area contributed by atoms with E-state index in [1.54, 1.807) is 0 Å². The fraction of sp³-hybridized carbons (Fsp3) is 0.385. The molecule has 0 fully saturated rings. The number of likely N-dealkylation sites (N-methyl/N-ethyl adjacent to an activating group) is 1. The highest BCUT2D eigenvalue weighted by Crippen LogP contribution is 2.15. The van der Waals surface area contributed by atoms with Gasteiger partial charge in [0, 0.05) is 12.7 Å². The van der Waals surface area contributed by atoms with Crippen LogP contribution in [0.4, 0.5) is 0 Å². The van der Waals surface area contributed by atoms with Crippen LogP contribution in [-0.4, -0.2) is 7.05 Å². The largest absolute Gasteiger partial charge is 0.388 e. The molecular formula is C13H21N. The first-order valence-corrected chi connectivity index (χ1v) is 4.93. The summed E-state index contributed by atoms with van der Waals surface area (Å²) in [6.45, 7) is 14.2. The van der Waals surface area contributed by atoms with Crippen LogP contribution in [0.15, 0.2) is 48.2 Å². The summed E-state index contributed by atoms with van der Waals surface area (Å²) in [6, 6.07) is 0. The van der Waals surface area contributed by atoms with Crippen molar-refractivity contribution in [3.63, 3.8) is 0 Å². The van der Waals surface area contributed by atoms with E-state index in [2.05, 4.69) is 38.4 Å². The fourth-order valence-electron chi connectivity index (χ4n) is 0.926. The lowest BCUT2D eigenvalue weighted by atomic mass is 10.0. The maximum Gasteiger partial charge on any atom is 0.0338 e. The number of nitrogens with one attached hydrogen (secondary N) is 1. The molecule has 0 radical (unpaired) electrons. The second-order valence-electron chi connectivity index (χ2n) is 3.56. The van der Waals surface area contributed by atoms with Gasteiger partial charge in [0.25, 0.3) is 0 Å². The molecule has 14 heavy (non-hydrogen) atoms. The van der Waals surface area contributed by atoms with E-state index < -0.39 is 0 Å². The van der Waals surface area contributed by atoms with Gasteiger partial charge in [0.05, 0.1) is 0 Å². The maximum absolute atomic E-state index is 4.01. The molecule has 0 rings (SSSR count). The van der Waals surface area contributed by atoms with Gasteiger partial charge in [-0.1, -0.05) is 50.8 Å². The van der Waals surface area contributed by atoms with E-state index in [0.717, 1.165) is 16.8 Å². The van der Waals surface area contributed by atoms with Crippen LogP contribution >= 0.6 is 0 Å². The molecule has 0 saturated heterocycles. The minimum absolute atomic E-state index is 0.472. The van der Waals surface area contributed by atoms with Gasteiger partial charge in [-0.2, -0.15) is 0 Å². The molecule has 1 heteroatoms. The predicted octanol–water partition coefficient (Wildman–Crippen LogP) is 3.43. The van der Waals surface area contributed by atoms with Crippen LogP contribution in [0, 0.1) is 5.92 Å². The highest BCUT2D eigenvalue weighted by atomic mass is 14.8. The van der Waals surface area contributed by atoms with E-state index in [9.17, 15) is 0 Å². The van der Waals surface area contributed by atoms with Crippen molar-refractivity contribution in [1.82, 2.24) is 5.32 Å². The summed E-state index contributed by atoms with van der Waals surface area (Å²) < 4.78 is 0. The quantitative estimate of drug-likeness (QED) is 0.656. The molecule has 0 unspecified atom stereocenters. The summed E-state index contributed by atoms with van der Waals surface area (Å²) in [4.78, 5) is 0. The van der Waals surface area contributed by atoms with Crippen molar-refractivity contribution in [2.75, 3.05) is 7.05 Å². The van der Waals surface area contributed by atoms with Crippen molar-refractivity contribution in [3.05, 3.63) is 48.2 Å². The predicted molar refractivity (Wildman–Crippen MR) is 65.1 cm³/mol. The molecule has 0 bridgehead atoms. The van der Waals surface area contributed by atoms with Gasteiger partial charge in [-0.15, -0.1) is 0 Å². The minimum Gasteiger partial charge on any atom is -0.388 e. The van der Waals surface area contributed by atoms with Crippen molar-refractivity contribution in [1.29, 1.82) is 0 Å². The first kappa shape index (κ1) is 12.8. The fourth-order valence-corrected chi connectivity index (χ4v) is 0.926. The number of hydrogen-bond acceptors (Lipinski definition) is 1. The molecule has 0 aliphatic heterocycles. The topological polar surface area (TPSA) is 12.0 Å². The van der Waals surface area contributed by atoms with Gasteiger partial charge in [0.1, 0.15) is 0 Å². The Kier molecular flexibility index (Phi) is 5.70. The monoisotopic (exact) mass is 191 g/mol. The molecule has 1 N–H and O–H groups in total. The van der Waals surface area contributed by atoms with Crippen molar-refractivity contribution < 1.29 is 0 Å². The van der Waals surface area contributed by atoms with E-state index in [4.69, 9.17) is 0 Å². The molecule has 0 spiro atoms. The van der Waals surface area contributed by atoms with Crippen LogP contribution in [0.3, 0.4) is 0 Å². The SMILES string of the molecule is C=C(NC)C(/C=C\C)=C/C(=C)C(C)C.